The van der Waals surface area contributed by atoms with Crippen molar-refractivity contribution in [2.24, 2.45) is 0 Å². The molecule has 1 heteroatoms. The zero-order valence-corrected chi connectivity index (χ0v) is 33.0. The molecule has 0 aliphatic heterocycles. The molecule has 0 spiro atoms. The normalized spacial score (nSPS) is 13.1. The first-order chi connectivity index (χ1) is 33.6. The van der Waals surface area contributed by atoms with Crippen molar-refractivity contribution in [2.45, 2.75) is 0 Å². The summed E-state index contributed by atoms with van der Waals surface area (Å²) in [6, 6.07) is 61.9. The topological polar surface area (TPSA) is 3.24 Å². The van der Waals surface area contributed by atoms with Gasteiger partial charge in [-0.15, -0.1) is 0 Å². The van der Waals surface area contributed by atoms with E-state index in [4.69, 9.17) is 0 Å². The van der Waals surface area contributed by atoms with Gasteiger partial charge in [0.25, 0.3) is 0 Å². The Morgan fingerprint density at radius 2 is 0.738 bits per heavy atom. The van der Waals surface area contributed by atoms with Crippen LogP contribution in [0.15, 0.2) is 249 Å². The van der Waals surface area contributed by atoms with E-state index >= 15 is 0 Å². The van der Waals surface area contributed by atoms with Crippen LogP contribution in [0.4, 0.5) is 17.1 Å². The molecular weight excluding hydrogens is 735 g/mol. The highest BCUT2D eigenvalue weighted by Gasteiger charge is 2.16. The second-order valence-electron chi connectivity index (χ2n) is 15.1. The first-order valence-corrected chi connectivity index (χ1v) is 20.3. The fraction of sp³-hybridized carbons (Fsp3) is 0. The third kappa shape index (κ3) is 6.93. The molecule has 0 fully saturated rings. The van der Waals surface area contributed by atoms with Crippen LogP contribution in [-0.4, -0.2) is 0 Å². The van der Waals surface area contributed by atoms with E-state index in [0.29, 0.717) is 16.8 Å². The van der Waals surface area contributed by atoms with Gasteiger partial charge in [-0.3, -0.25) is 0 Å². The minimum Gasteiger partial charge on any atom is -0.311 e. The molecule has 0 radical (unpaired) electrons. The summed E-state index contributed by atoms with van der Waals surface area (Å²) in [6.07, 6.45) is 0. The van der Waals surface area contributed by atoms with Gasteiger partial charge in [0.1, 0.15) is 0 Å². The second kappa shape index (κ2) is 15.6. The summed E-state index contributed by atoms with van der Waals surface area (Å²) in [6.45, 7) is 0. The SMILES string of the molecule is [2H]c1c([2H])c(N(c2ccc(-c3ccc4ccccc4c3-c3ccccc3)cc2)c2c([2H])c([2H])c(-c3ccc4c(ccc5ccccc54)c3)c([2H])c2[2H])c([2H])c([2H])c1-c1cccc(-c2ccccc2)c1. The maximum absolute atomic E-state index is 9.68. The lowest BCUT2D eigenvalue weighted by atomic mass is 9.90. The molecule has 0 atom stereocenters. The van der Waals surface area contributed by atoms with Gasteiger partial charge in [-0.25, -0.2) is 0 Å². The van der Waals surface area contributed by atoms with Gasteiger partial charge in [-0.05, 0) is 136 Å². The van der Waals surface area contributed by atoms with Crippen LogP contribution >= 0.6 is 0 Å². The van der Waals surface area contributed by atoms with Crippen LogP contribution in [0.2, 0.25) is 0 Å². The van der Waals surface area contributed by atoms with Crippen molar-refractivity contribution in [3.63, 3.8) is 0 Å². The number of rotatable bonds is 8. The molecule has 0 amide bonds. The first-order valence-electron chi connectivity index (χ1n) is 24.3. The summed E-state index contributed by atoms with van der Waals surface area (Å²) >= 11 is 0. The molecule has 11 rings (SSSR count). The lowest BCUT2D eigenvalue weighted by Gasteiger charge is -2.26. The molecule has 61 heavy (non-hydrogen) atoms. The molecular formula is C60H41N. The summed E-state index contributed by atoms with van der Waals surface area (Å²) in [7, 11) is 0. The monoisotopic (exact) mass is 783 g/mol. The summed E-state index contributed by atoms with van der Waals surface area (Å²) in [5.74, 6) is 0. The van der Waals surface area contributed by atoms with E-state index in [0.717, 1.165) is 65.7 Å². The summed E-state index contributed by atoms with van der Waals surface area (Å²) in [4.78, 5) is 1.37. The molecule has 0 aliphatic carbocycles. The molecule has 11 aromatic carbocycles. The summed E-state index contributed by atoms with van der Waals surface area (Å²) in [5.41, 5.74) is 6.81. The predicted octanol–water partition coefficient (Wildman–Crippen LogP) is 17.0. The third-order valence-corrected chi connectivity index (χ3v) is 11.4. The Hall–Kier alpha value is -8.00. The lowest BCUT2D eigenvalue weighted by molar-refractivity contribution is 1.28. The quantitative estimate of drug-likeness (QED) is 0.139. The van der Waals surface area contributed by atoms with Crippen molar-refractivity contribution < 1.29 is 11.0 Å². The highest BCUT2D eigenvalue weighted by atomic mass is 15.1. The number of hydrogen-bond donors (Lipinski definition) is 0. The summed E-state index contributed by atoms with van der Waals surface area (Å²) in [5, 5.41) is 6.19. The van der Waals surface area contributed by atoms with E-state index in [2.05, 4.69) is 36.4 Å². The standard InChI is InChI=1S/C60H41N/c1-3-12-42(13-4-1)49-18-11-19-50(40-49)43-24-32-53(33-25-43)61(54-34-26-44(27-35-54)51-31-38-57-52(41-51)23-22-45-14-7-9-20-56(45)57)55-36-28-47(29-37-55)59-39-30-46-15-8-10-21-58(46)60(59)48-16-5-2-6-17-48/h1-41H/i24D,25D,26D,27D,32D,33D,34D,35D. The fourth-order valence-electron chi connectivity index (χ4n) is 8.37. The fourth-order valence-corrected chi connectivity index (χ4v) is 8.37. The lowest BCUT2D eigenvalue weighted by Crippen LogP contribution is -2.09. The minimum absolute atomic E-state index is 0.102. The number of anilines is 3. The van der Waals surface area contributed by atoms with Crippen molar-refractivity contribution in [2.75, 3.05) is 4.90 Å². The first kappa shape index (κ1) is 28.4. The molecule has 0 unspecified atom stereocenters. The number of benzene rings is 11. The molecule has 0 heterocycles. The van der Waals surface area contributed by atoms with Gasteiger partial charge < -0.3 is 4.90 Å². The van der Waals surface area contributed by atoms with Crippen molar-refractivity contribution in [1.82, 2.24) is 0 Å². The molecule has 0 aliphatic rings. The second-order valence-corrected chi connectivity index (χ2v) is 15.1. The number of fused-ring (bicyclic) bond motifs is 4. The van der Waals surface area contributed by atoms with Crippen molar-refractivity contribution in [3.05, 3.63) is 249 Å². The maximum Gasteiger partial charge on any atom is 0.0645 e. The number of nitrogens with zero attached hydrogens (tertiary/aromatic N) is 1. The molecule has 0 bridgehead atoms. The van der Waals surface area contributed by atoms with E-state index < -0.39 is 24.2 Å². The smallest absolute Gasteiger partial charge is 0.0645 e. The van der Waals surface area contributed by atoms with Crippen LogP contribution in [0.5, 0.6) is 0 Å². The highest BCUT2D eigenvalue weighted by Crippen LogP contribution is 2.42. The van der Waals surface area contributed by atoms with Crippen LogP contribution in [-0.2, 0) is 0 Å². The van der Waals surface area contributed by atoms with Crippen LogP contribution in [0.25, 0.3) is 88.0 Å². The van der Waals surface area contributed by atoms with Gasteiger partial charge >= 0.3 is 0 Å². The minimum atomic E-state index is -0.399. The number of hydrogen-bond acceptors (Lipinski definition) is 1. The van der Waals surface area contributed by atoms with Gasteiger partial charge in [0.2, 0.25) is 0 Å². The van der Waals surface area contributed by atoms with Gasteiger partial charge in [0, 0.05) is 17.1 Å². The van der Waals surface area contributed by atoms with Gasteiger partial charge in [-0.1, -0.05) is 200 Å². The van der Waals surface area contributed by atoms with Gasteiger partial charge in [-0.2, -0.15) is 0 Å². The Labute approximate surface area is 368 Å². The highest BCUT2D eigenvalue weighted by molar-refractivity contribution is 6.08. The Morgan fingerprint density at radius 3 is 1.41 bits per heavy atom. The third-order valence-electron chi connectivity index (χ3n) is 11.4. The van der Waals surface area contributed by atoms with Crippen LogP contribution in [0.1, 0.15) is 11.0 Å². The molecule has 11 aromatic rings. The Morgan fingerprint density at radius 1 is 0.262 bits per heavy atom. The summed E-state index contributed by atoms with van der Waals surface area (Å²) < 4.78 is 76.7. The Balaban J connectivity index is 1.11. The van der Waals surface area contributed by atoms with E-state index in [1.165, 1.54) is 4.90 Å². The Kier molecular flexibility index (Phi) is 7.29. The van der Waals surface area contributed by atoms with E-state index in [1.54, 1.807) is 18.2 Å². The molecule has 0 saturated heterocycles. The average molecular weight is 784 g/mol. The molecule has 286 valence electrons. The van der Waals surface area contributed by atoms with Crippen molar-refractivity contribution in [1.29, 1.82) is 0 Å². The van der Waals surface area contributed by atoms with Gasteiger partial charge in [0.05, 0.1) is 11.0 Å². The Bertz CT molecular complexity index is 3760. The molecule has 1 nitrogen and oxygen atoms in total. The van der Waals surface area contributed by atoms with E-state index in [1.807, 2.05) is 146 Å². The van der Waals surface area contributed by atoms with E-state index in [9.17, 15) is 11.0 Å². The molecule has 0 saturated carbocycles. The van der Waals surface area contributed by atoms with Crippen molar-refractivity contribution >= 4 is 49.4 Å². The van der Waals surface area contributed by atoms with Gasteiger partial charge in [0.15, 0.2) is 0 Å². The van der Waals surface area contributed by atoms with Crippen LogP contribution in [0, 0.1) is 0 Å². The zero-order valence-electron chi connectivity index (χ0n) is 41.0. The predicted molar refractivity (Wildman–Crippen MR) is 261 cm³/mol. The maximum atomic E-state index is 9.68. The largest absolute Gasteiger partial charge is 0.311 e. The molecule has 0 aromatic heterocycles. The van der Waals surface area contributed by atoms with Crippen molar-refractivity contribution in [3.8, 4) is 55.6 Å². The zero-order chi connectivity index (χ0) is 47.5. The molecule has 0 N–H and O–H groups in total. The van der Waals surface area contributed by atoms with E-state index in [-0.39, 0.29) is 46.7 Å². The van der Waals surface area contributed by atoms with Crippen LogP contribution < -0.4 is 4.90 Å². The average Bonchev–Trinajstić information content (AvgIpc) is 3.39. The van der Waals surface area contributed by atoms with Crippen LogP contribution in [0.3, 0.4) is 0 Å².